The van der Waals surface area contributed by atoms with Gasteiger partial charge < -0.3 is 5.32 Å². The van der Waals surface area contributed by atoms with Crippen LogP contribution in [0.1, 0.15) is 11.1 Å². The summed E-state index contributed by atoms with van der Waals surface area (Å²) < 4.78 is 26.8. The van der Waals surface area contributed by atoms with Gasteiger partial charge in [-0.3, -0.25) is 4.31 Å². The van der Waals surface area contributed by atoms with Crippen LogP contribution in [0.3, 0.4) is 0 Å². The number of aryl methyl sites for hydroxylation is 1. The summed E-state index contributed by atoms with van der Waals surface area (Å²) in [6, 6.07) is 12.8. The van der Waals surface area contributed by atoms with Crippen molar-refractivity contribution in [3.05, 3.63) is 53.6 Å². The maximum atomic E-state index is 12.7. The first kappa shape index (κ1) is 13.9. The van der Waals surface area contributed by atoms with Gasteiger partial charge in [-0.05, 0) is 54.8 Å². The van der Waals surface area contributed by atoms with Crippen molar-refractivity contribution < 1.29 is 8.42 Å². The lowest BCUT2D eigenvalue weighted by Gasteiger charge is -2.20. The van der Waals surface area contributed by atoms with Gasteiger partial charge in [0.25, 0.3) is 10.0 Å². The highest BCUT2D eigenvalue weighted by molar-refractivity contribution is 7.92. The molecule has 0 atom stereocenters. The molecule has 1 aliphatic rings. The first-order valence-corrected chi connectivity index (χ1v) is 8.35. The predicted molar refractivity (Wildman–Crippen MR) is 85.4 cm³/mol. The van der Waals surface area contributed by atoms with E-state index in [1.807, 2.05) is 31.2 Å². The topological polar surface area (TPSA) is 49.4 Å². The number of benzene rings is 2. The van der Waals surface area contributed by atoms with Gasteiger partial charge in [-0.25, -0.2) is 8.42 Å². The van der Waals surface area contributed by atoms with Crippen molar-refractivity contribution in [3.63, 3.8) is 0 Å². The zero-order valence-corrected chi connectivity index (χ0v) is 12.9. The molecule has 0 radical (unpaired) electrons. The highest BCUT2D eigenvalue weighted by Gasteiger charge is 2.23. The van der Waals surface area contributed by atoms with E-state index in [1.54, 1.807) is 25.2 Å². The molecule has 4 nitrogen and oxygen atoms in total. The summed E-state index contributed by atoms with van der Waals surface area (Å²) in [5.74, 6) is 0. The number of rotatable bonds is 3. The first-order valence-electron chi connectivity index (χ1n) is 6.91. The molecule has 1 N–H and O–H groups in total. The summed E-state index contributed by atoms with van der Waals surface area (Å²) in [4.78, 5) is 0.342. The van der Waals surface area contributed by atoms with Crippen molar-refractivity contribution in [1.29, 1.82) is 0 Å². The van der Waals surface area contributed by atoms with Crippen LogP contribution in [-0.4, -0.2) is 22.0 Å². The molecule has 0 amide bonds. The van der Waals surface area contributed by atoms with E-state index in [4.69, 9.17) is 0 Å². The van der Waals surface area contributed by atoms with Gasteiger partial charge in [-0.2, -0.15) is 0 Å². The van der Waals surface area contributed by atoms with Gasteiger partial charge in [0.1, 0.15) is 0 Å². The summed E-state index contributed by atoms with van der Waals surface area (Å²) in [7, 11) is -1.93. The zero-order valence-electron chi connectivity index (χ0n) is 12.1. The van der Waals surface area contributed by atoms with Crippen LogP contribution < -0.4 is 9.62 Å². The number of hydrogen-bond acceptors (Lipinski definition) is 3. The molecule has 1 heterocycles. The fourth-order valence-electron chi connectivity index (χ4n) is 2.56. The molecule has 0 aliphatic carbocycles. The molecule has 5 heteroatoms. The van der Waals surface area contributed by atoms with Crippen molar-refractivity contribution in [2.75, 3.05) is 23.2 Å². The van der Waals surface area contributed by atoms with Crippen LogP contribution in [0.4, 0.5) is 11.4 Å². The molecule has 110 valence electrons. The van der Waals surface area contributed by atoms with E-state index < -0.39 is 10.0 Å². The Kier molecular flexibility index (Phi) is 3.37. The van der Waals surface area contributed by atoms with Crippen molar-refractivity contribution in [1.82, 2.24) is 0 Å². The second-order valence-corrected chi connectivity index (χ2v) is 7.28. The maximum Gasteiger partial charge on any atom is 0.264 e. The standard InChI is InChI=1S/C16H18N2O2S/c1-12-4-3-5-14(10-12)18(2)21(19,20)15-6-7-16-13(11-15)8-9-17-16/h3-7,10-11,17H,8-9H2,1-2H3. The van der Waals surface area contributed by atoms with Gasteiger partial charge in [0.2, 0.25) is 0 Å². The summed E-state index contributed by atoms with van der Waals surface area (Å²) in [5.41, 5.74) is 3.81. The van der Waals surface area contributed by atoms with Crippen molar-refractivity contribution >= 4 is 21.4 Å². The second-order valence-electron chi connectivity index (χ2n) is 5.31. The third kappa shape index (κ3) is 2.49. The Balaban J connectivity index is 2.00. The third-order valence-corrected chi connectivity index (χ3v) is 5.59. The quantitative estimate of drug-likeness (QED) is 0.948. The van der Waals surface area contributed by atoms with Gasteiger partial charge >= 0.3 is 0 Å². The van der Waals surface area contributed by atoms with Crippen molar-refractivity contribution in [2.45, 2.75) is 18.2 Å². The van der Waals surface area contributed by atoms with Crippen LogP contribution in [-0.2, 0) is 16.4 Å². The number of nitrogens with one attached hydrogen (secondary N) is 1. The van der Waals surface area contributed by atoms with Crippen molar-refractivity contribution in [3.8, 4) is 0 Å². The van der Waals surface area contributed by atoms with E-state index in [0.29, 0.717) is 10.6 Å². The van der Waals surface area contributed by atoms with Crippen molar-refractivity contribution in [2.24, 2.45) is 0 Å². The highest BCUT2D eigenvalue weighted by atomic mass is 32.2. The SMILES string of the molecule is Cc1cccc(N(C)S(=O)(=O)c2ccc3c(c2)CCN3)c1. The molecule has 1 aliphatic heterocycles. The normalized spacial score (nSPS) is 13.6. The predicted octanol–water partition coefficient (Wildman–Crippen LogP) is 2.79. The zero-order chi connectivity index (χ0) is 15.0. The fraction of sp³-hybridized carbons (Fsp3) is 0.250. The van der Waals surface area contributed by atoms with Crippen LogP contribution in [0.2, 0.25) is 0 Å². The van der Waals surface area contributed by atoms with Crippen LogP contribution in [0.25, 0.3) is 0 Å². The van der Waals surface area contributed by atoms with E-state index >= 15 is 0 Å². The lowest BCUT2D eigenvalue weighted by Crippen LogP contribution is -2.26. The molecular weight excluding hydrogens is 284 g/mol. The molecule has 0 aromatic heterocycles. The average Bonchev–Trinajstić information content (AvgIpc) is 2.93. The summed E-state index contributed by atoms with van der Waals surface area (Å²) in [6.45, 7) is 2.82. The Labute approximate surface area is 125 Å². The smallest absolute Gasteiger partial charge is 0.264 e. The molecule has 2 aromatic rings. The highest BCUT2D eigenvalue weighted by Crippen LogP contribution is 2.28. The Morgan fingerprint density at radius 2 is 1.95 bits per heavy atom. The van der Waals surface area contributed by atoms with E-state index in [9.17, 15) is 8.42 Å². The maximum absolute atomic E-state index is 12.7. The van der Waals surface area contributed by atoms with E-state index in [2.05, 4.69) is 5.32 Å². The average molecular weight is 302 g/mol. The Bertz CT molecular complexity index is 785. The molecule has 0 bridgehead atoms. The van der Waals surface area contributed by atoms with Crippen LogP contribution in [0.15, 0.2) is 47.4 Å². The largest absolute Gasteiger partial charge is 0.384 e. The monoisotopic (exact) mass is 302 g/mol. The molecule has 0 spiro atoms. The van der Waals surface area contributed by atoms with Gasteiger partial charge in [0.05, 0.1) is 10.6 Å². The molecule has 3 rings (SSSR count). The number of fused-ring (bicyclic) bond motifs is 1. The molecule has 0 saturated heterocycles. The summed E-state index contributed by atoms with van der Waals surface area (Å²) in [5, 5.41) is 3.24. The molecular formula is C16H18N2O2S. The molecule has 0 saturated carbocycles. The van der Waals surface area contributed by atoms with Gasteiger partial charge in [0, 0.05) is 19.3 Å². The third-order valence-electron chi connectivity index (χ3n) is 3.81. The summed E-state index contributed by atoms with van der Waals surface area (Å²) >= 11 is 0. The van der Waals surface area contributed by atoms with Gasteiger partial charge in [-0.1, -0.05) is 12.1 Å². The Hall–Kier alpha value is -2.01. The van der Waals surface area contributed by atoms with Crippen LogP contribution in [0.5, 0.6) is 0 Å². The minimum atomic E-state index is -3.52. The number of anilines is 2. The Morgan fingerprint density at radius 1 is 1.14 bits per heavy atom. The van der Waals surface area contributed by atoms with Crippen LogP contribution in [0, 0.1) is 6.92 Å². The molecule has 2 aromatic carbocycles. The lowest BCUT2D eigenvalue weighted by molar-refractivity contribution is 0.594. The summed E-state index contributed by atoms with van der Waals surface area (Å²) in [6.07, 6.45) is 0.868. The number of nitrogens with zero attached hydrogens (tertiary/aromatic N) is 1. The first-order chi connectivity index (χ1) is 9.98. The second kappa shape index (κ2) is 5.07. The molecule has 0 fully saturated rings. The minimum Gasteiger partial charge on any atom is -0.384 e. The molecule has 0 unspecified atom stereocenters. The van der Waals surface area contributed by atoms with Crippen LogP contribution >= 0.6 is 0 Å². The van der Waals surface area contributed by atoms with Gasteiger partial charge in [0.15, 0.2) is 0 Å². The Morgan fingerprint density at radius 3 is 2.71 bits per heavy atom. The lowest BCUT2D eigenvalue weighted by atomic mass is 10.2. The minimum absolute atomic E-state index is 0.342. The van der Waals surface area contributed by atoms with E-state index in [1.165, 1.54) is 4.31 Å². The van der Waals surface area contributed by atoms with E-state index in [0.717, 1.165) is 29.8 Å². The number of hydrogen-bond donors (Lipinski definition) is 1. The van der Waals surface area contributed by atoms with E-state index in [-0.39, 0.29) is 0 Å². The molecule has 21 heavy (non-hydrogen) atoms. The fourth-order valence-corrected chi connectivity index (χ4v) is 3.80. The van der Waals surface area contributed by atoms with Gasteiger partial charge in [-0.15, -0.1) is 0 Å². The number of sulfonamides is 1.